The molecule has 1 fully saturated rings. The SMILES string of the molecule is O=C(O)C(O)c1ccc(OC2CCSC2)cc1. The molecule has 2 rings (SSSR count). The number of benzene rings is 1. The van der Waals surface area contributed by atoms with Crippen LogP contribution in [0, 0.1) is 0 Å². The molecule has 0 aromatic heterocycles. The lowest BCUT2D eigenvalue weighted by Crippen LogP contribution is -2.15. The number of rotatable bonds is 4. The van der Waals surface area contributed by atoms with Gasteiger partial charge in [-0.05, 0) is 29.9 Å². The largest absolute Gasteiger partial charge is 0.490 e. The first-order valence-corrected chi connectivity index (χ1v) is 6.57. The number of aliphatic hydroxyl groups excluding tert-OH is 1. The van der Waals surface area contributed by atoms with Crippen molar-refractivity contribution >= 4 is 17.7 Å². The lowest BCUT2D eigenvalue weighted by Gasteiger charge is -2.13. The first kappa shape index (κ1) is 12.3. The number of ether oxygens (including phenoxy) is 1. The standard InChI is InChI=1S/C12H14O4S/c13-11(12(14)15)8-1-3-9(4-2-8)16-10-5-6-17-7-10/h1-4,10-11,13H,5-7H2,(H,14,15). The maximum absolute atomic E-state index is 10.6. The molecule has 4 nitrogen and oxygen atoms in total. The summed E-state index contributed by atoms with van der Waals surface area (Å²) in [5.41, 5.74) is 0.366. The maximum Gasteiger partial charge on any atom is 0.337 e. The predicted octanol–water partition coefficient (Wildman–Crippen LogP) is 1.69. The average molecular weight is 254 g/mol. The van der Waals surface area contributed by atoms with Gasteiger partial charge in [-0.25, -0.2) is 4.79 Å². The Kier molecular flexibility index (Phi) is 3.91. The molecule has 0 bridgehead atoms. The number of aliphatic carboxylic acids is 1. The normalized spacial score (nSPS) is 21.1. The van der Waals surface area contributed by atoms with E-state index in [0.29, 0.717) is 5.56 Å². The summed E-state index contributed by atoms with van der Waals surface area (Å²) in [4.78, 5) is 10.6. The molecule has 1 aliphatic rings. The highest BCUT2D eigenvalue weighted by atomic mass is 32.2. The predicted molar refractivity (Wildman–Crippen MR) is 65.4 cm³/mol. The van der Waals surface area contributed by atoms with Crippen LogP contribution in [0.5, 0.6) is 5.75 Å². The minimum absolute atomic E-state index is 0.246. The second-order valence-electron chi connectivity index (χ2n) is 3.91. The molecule has 0 spiro atoms. The molecule has 0 saturated carbocycles. The van der Waals surface area contributed by atoms with Gasteiger partial charge >= 0.3 is 5.97 Å². The maximum atomic E-state index is 10.6. The summed E-state index contributed by atoms with van der Waals surface area (Å²) in [7, 11) is 0. The van der Waals surface area contributed by atoms with Gasteiger partial charge in [-0.3, -0.25) is 0 Å². The van der Waals surface area contributed by atoms with E-state index in [-0.39, 0.29) is 6.10 Å². The summed E-state index contributed by atoms with van der Waals surface area (Å²) in [6, 6.07) is 6.56. The van der Waals surface area contributed by atoms with E-state index in [2.05, 4.69) is 0 Å². The van der Waals surface area contributed by atoms with E-state index in [1.807, 2.05) is 11.8 Å². The van der Waals surface area contributed by atoms with Crippen molar-refractivity contribution < 1.29 is 19.7 Å². The van der Waals surface area contributed by atoms with Crippen LogP contribution in [-0.4, -0.2) is 33.8 Å². The van der Waals surface area contributed by atoms with Crippen LogP contribution in [0.2, 0.25) is 0 Å². The number of thioether (sulfide) groups is 1. The quantitative estimate of drug-likeness (QED) is 0.856. The third-order valence-electron chi connectivity index (χ3n) is 2.62. The van der Waals surface area contributed by atoms with E-state index >= 15 is 0 Å². The molecule has 5 heteroatoms. The minimum Gasteiger partial charge on any atom is -0.490 e. The summed E-state index contributed by atoms with van der Waals surface area (Å²) < 4.78 is 5.72. The van der Waals surface area contributed by atoms with Crippen LogP contribution in [0.15, 0.2) is 24.3 Å². The molecule has 0 amide bonds. The van der Waals surface area contributed by atoms with Gasteiger partial charge in [-0.15, -0.1) is 0 Å². The summed E-state index contributed by atoms with van der Waals surface area (Å²) in [6.07, 6.45) is -0.175. The van der Waals surface area contributed by atoms with Crippen molar-refractivity contribution in [2.45, 2.75) is 18.6 Å². The molecule has 1 heterocycles. The van der Waals surface area contributed by atoms with Gasteiger partial charge in [0.05, 0.1) is 0 Å². The minimum atomic E-state index is -1.47. The Morgan fingerprint density at radius 1 is 1.41 bits per heavy atom. The van der Waals surface area contributed by atoms with Gasteiger partial charge < -0.3 is 14.9 Å². The van der Waals surface area contributed by atoms with Crippen molar-refractivity contribution in [3.05, 3.63) is 29.8 Å². The molecule has 1 aromatic rings. The zero-order valence-corrected chi connectivity index (χ0v) is 10.0. The van der Waals surface area contributed by atoms with Crippen LogP contribution in [0.4, 0.5) is 0 Å². The Labute approximate surface area is 104 Å². The van der Waals surface area contributed by atoms with Crippen molar-refractivity contribution in [3.63, 3.8) is 0 Å². The lowest BCUT2D eigenvalue weighted by molar-refractivity contribution is -0.146. The smallest absolute Gasteiger partial charge is 0.337 e. The molecule has 92 valence electrons. The van der Waals surface area contributed by atoms with Crippen LogP contribution in [0.3, 0.4) is 0 Å². The average Bonchev–Trinajstić information content (AvgIpc) is 2.82. The molecule has 17 heavy (non-hydrogen) atoms. The number of hydrogen-bond acceptors (Lipinski definition) is 4. The van der Waals surface area contributed by atoms with Crippen molar-refractivity contribution in [2.75, 3.05) is 11.5 Å². The zero-order valence-electron chi connectivity index (χ0n) is 9.20. The highest BCUT2D eigenvalue weighted by molar-refractivity contribution is 7.99. The molecule has 1 aromatic carbocycles. The van der Waals surface area contributed by atoms with E-state index < -0.39 is 12.1 Å². The number of carboxylic acid groups (broad SMARTS) is 1. The molecule has 0 radical (unpaired) electrons. The molecule has 1 aliphatic heterocycles. The fraction of sp³-hybridized carbons (Fsp3) is 0.417. The number of hydrogen-bond donors (Lipinski definition) is 2. The van der Waals surface area contributed by atoms with E-state index in [4.69, 9.17) is 9.84 Å². The van der Waals surface area contributed by atoms with E-state index in [1.165, 1.54) is 0 Å². The van der Waals surface area contributed by atoms with Crippen LogP contribution >= 0.6 is 11.8 Å². The first-order chi connectivity index (χ1) is 8.16. The fourth-order valence-corrected chi connectivity index (χ4v) is 2.76. The van der Waals surface area contributed by atoms with E-state index in [0.717, 1.165) is 23.7 Å². The van der Waals surface area contributed by atoms with Gasteiger partial charge in [0.25, 0.3) is 0 Å². The Balaban J connectivity index is 1.99. The molecule has 0 aliphatic carbocycles. The summed E-state index contributed by atoms with van der Waals surface area (Å²) in [6.45, 7) is 0. The third-order valence-corrected chi connectivity index (χ3v) is 3.75. The number of aliphatic hydroxyl groups is 1. The van der Waals surface area contributed by atoms with Crippen LogP contribution in [0.1, 0.15) is 18.1 Å². The van der Waals surface area contributed by atoms with Gasteiger partial charge in [0, 0.05) is 5.75 Å². The second-order valence-corrected chi connectivity index (χ2v) is 5.06. The summed E-state index contributed by atoms with van der Waals surface area (Å²) in [5.74, 6) is 1.60. The van der Waals surface area contributed by atoms with Crippen LogP contribution in [-0.2, 0) is 4.79 Å². The fourth-order valence-electron chi connectivity index (χ4n) is 1.67. The number of carboxylic acids is 1. The third kappa shape index (κ3) is 3.14. The van der Waals surface area contributed by atoms with Crippen molar-refractivity contribution in [3.8, 4) is 5.75 Å². The second kappa shape index (κ2) is 5.42. The van der Waals surface area contributed by atoms with Gasteiger partial charge in [0.1, 0.15) is 11.9 Å². The molecule has 1 saturated heterocycles. The first-order valence-electron chi connectivity index (χ1n) is 5.42. The van der Waals surface area contributed by atoms with Crippen molar-refractivity contribution in [2.24, 2.45) is 0 Å². The topological polar surface area (TPSA) is 66.8 Å². The Morgan fingerprint density at radius 3 is 2.65 bits per heavy atom. The van der Waals surface area contributed by atoms with Gasteiger partial charge in [-0.1, -0.05) is 12.1 Å². The van der Waals surface area contributed by atoms with Crippen molar-refractivity contribution in [1.29, 1.82) is 0 Å². The molecule has 2 N–H and O–H groups in total. The summed E-state index contributed by atoms with van der Waals surface area (Å²) >= 11 is 1.87. The number of carbonyl (C=O) groups is 1. The Hall–Kier alpha value is -1.20. The molecule has 2 unspecified atom stereocenters. The molecule has 2 atom stereocenters. The lowest BCUT2D eigenvalue weighted by atomic mass is 10.1. The van der Waals surface area contributed by atoms with E-state index in [1.54, 1.807) is 24.3 Å². The monoisotopic (exact) mass is 254 g/mol. The Morgan fingerprint density at radius 2 is 2.12 bits per heavy atom. The van der Waals surface area contributed by atoms with E-state index in [9.17, 15) is 9.90 Å². The highest BCUT2D eigenvalue weighted by Crippen LogP contribution is 2.24. The van der Waals surface area contributed by atoms with Gasteiger partial charge in [0.15, 0.2) is 6.10 Å². The summed E-state index contributed by atoms with van der Waals surface area (Å²) in [5, 5.41) is 18.0. The van der Waals surface area contributed by atoms with Crippen molar-refractivity contribution in [1.82, 2.24) is 0 Å². The van der Waals surface area contributed by atoms with Crippen LogP contribution in [0.25, 0.3) is 0 Å². The highest BCUT2D eigenvalue weighted by Gasteiger charge is 2.18. The Bertz CT molecular complexity index is 384. The molecular weight excluding hydrogens is 240 g/mol. The zero-order chi connectivity index (χ0) is 12.3. The van der Waals surface area contributed by atoms with Gasteiger partial charge in [-0.2, -0.15) is 11.8 Å². The van der Waals surface area contributed by atoms with Gasteiger partial charge in [0.2, 0.25) is 0 Å². The molecular formula is C12H14O4S. The van der Waals surface area contributed by atoms with Crippen LogP contribution < -0.4 is 4.74 Å².